The van der Waals surface area contributed by atoms with Gasteiger partial charge in [0.25, 0.3) is 0 Å². The van der Waals surface area contributed by atoms with Crippen molar-refractivity contribution >= 4 is 34.9 Å². The fourth-order valence-corrected chi connectivity index (χ4v) is 3.33. The number of anilines is 1. The van der Waals surface area contributed by atoms with E-state index in [1.54, 1.807) is 0 Å². The second-order valence-corrected chi connectivity index (χ2v) is 8.77. The summed E-state index contributed by atoms with van der Waals surface area (Å²) in [5.74, 6) is -0.394. The lowest BCUT2D eigenvalue weighted by Gasteiger charge is -2.26. The van der Waals surface area contributed by atoms with Crippen LogP contribution in [0.2, 0.25) is 10.0 Å². The van der Waals surface area contributed by atoms with Gasteiger partial charge in [0, 0.05) is 34.7 Å². The van der Waals surface area contributed by atoms with Gasteiger partial charge in [-0.2, -0.15) is 0 Å². The first-order chi connectivity index (χ1) is 13.2. The van der Waals surface area contributed by atoms with Crippen molar-refractivity contribution in [3.63, 3.8) is 0 Å². The first kappa shape index (κ1) is 22.5. The highest BCUT2D eigenvalue weighted by atomic mass is 35.5. The highest BCUT2D eigenvalue weighted by Gasteiger charge is 2.21. The number of hydrogen-bond acceptors (Lipinski definition) is 4. The molecule has 2 rings (SSSR count). The minimum atomic E-state index is -0.310. The molecule has 1 atom stereocenters. The van der Waals surface area contributed by atoms with Crippen LogP contribution in [-0.2, 0) is 9.53 Å². The van der Waals surface area contributed by atoms with E-state index in [0.717, 1.165) is 23.4 Å². The number of hydrogen-bond donors (Lipinski definition) is 2. The molecule has 0 aliphatic heterocycles. The molecule has 0 saturated carbocycles. The fraction of sp³-hybridized carbons (Fsp3) is 0.409. The van der Waals surface area contributed by atoms with Gasteiger partial charge in [-0.25, -0.2) is 0 Å². The number of esters is 1. The van der Waals surface area contributed by atoms with Gasteiger partial charge in [-0.3, -0.25) is 4.79 Å². The molecule has 152 valence electrons. The van der Waals surface area contributed by atoms with E-state index in [4.69, 9.17) is 27.9 Å². The lowest BCUT2D eigenvalue weighted by atomic mass is 9.89. The van der Waals surface area contributed by atoms with Gasteiger partial charge in [-0.1, -0.05) is 62.2 Å². The molecule has 0 fully saturated rings. The molecule has 0 heterocycles. The smallest absolute Gasteiger partial charge is 0.319 e. The van der Waals surface area contributed by atoms with E-state index < -0.39 is 0 Å². The second kappa shape index (κ2) is 10.1. The molecule has 0 aliphatic carbocycles. The Labute approximate surface area is 177 Å². The fourth-order valence-electron chi connectivity index (χ4n) is 2.88. The maximum Gasteiger partial charge on any atom is 0.319 e. The van der Waals surface area contributed by atoms with Crippen molar-refractivity contribution in [1.82, 2.24) is 5.32 Å². The van der Waals surface area contributed by atoms with E-state index in [1.165, 1.54) is 7.11 Å². The SMILES string of the molecule is COC(=O)CNCC(c1ccccc1Cl)c1cc(Cl)ccc1NCC(C)(C)C. The second-order valence-electron chi connectivity index (χ2n) is 7.93. The molecule has 0 amide bonds. The van der Waals surface area contributed by atoms with Crippen molar-refractivity contribution in [2.45, 2.75) is 26.7 Å². The van der Waals surface area contributed by atoms with Crippen LogP contribution in [0.5, 0.6) is 0 Å². The Morgan fingerprint density at radius 1 is 1.11 bits per heavy atom. The first-order valence-electron chi connectivity index (χ1n) is 9.26. The normalized spacial score (nSPS) is 12.5. The van der Waals surface area contributed by atoms with Crippen LogP contribution in [0.15, 0.2) is 42.5 Å². The number of rotatable bonds is 8. The number of nitrogens with one attached hydrogen (secondary N) is 2. The number of ether oxygens (including phenoxy) is 1. The van der Waals surface area contributed by atoms with Crippen molar-refractivity contribution in [2.24, 2.45) is 5.41 Å². The minimum absolute atomic E-state index is 0.0838. The zero-order valence-electron chi connectivity index (χ0n) is 16.8. The Balaban J connectivity index is 2.40. The quantitative estimate of drug-likeness (QED) is 0.563. The van der Waals surface area contributed by atoms with Crippen LogP contribution in [0.4, 0.5) is 5.69 Å². The van der Waals surface area contributed by atoms with Crippen molar-refractivity contribution in [3.05, 3.63) is 63.6 Å². The third-order valence-corrected chi connectivity index (χ3v) is 4.90. The molecule has 1 unspecified atom stereocenters. The largest absolute Gasteiger partial charge is 0.468 e. The van der Waals surface area contributed by atoms with Crippen LogP contribution >= 0.6 is 23.2 Å². The Hall–Kier alpha value is -1.75. The summed E-state index contributed by atoms with van der Waals surface area (Å²) in [5.41, 5.74) is 3.13. The van der Waals surface area contributed by atoms with Crippen molar-refractivity contribution in [2.75, 3.05) is 32.1 Å². The number of carbonyl (C=O) groups is 1. The molecule has 2 N–H and O–H groups in total. The predicted molar refractivity (Wildman–Crippen MR) is 118 cm³/mol. The Bertz CT molecular complexity index is 803. The van der Waals surface area contributed by atoms with Gasteiger partial charge in [0.15, 0.2) is 0 Å². The van der Waals surface area contributed by atoms with Crippen LogP contribution in [0.25, 0.3) is 0 Å². The first-order valence-corrected chi connectivity index (χ1v) is 10.0. The van der Waals surface area contributed by atoms with Crippen molar-refractivity contribution in [1.29, 1.82) is 0 Å². The summed E-state index contributed by atoms with van der Waals surface area (Å²) in [5, 5.41) is 8.04. The standard InChI is InChI=1S/C22H28Cl2N2O2/c1-22(2,3)14-26-20-10-9-15(23)11-17(20)18(12-25-13-21(27)28-4)16-7-5-6-8-19(16)24/h5-11,18,25-26H,12-14H2,1-4H3. The Kier molecular flexibility index (Phi) is 8.17. The molecule has 2 aromatic rings. The summed E-state index contributed by atoms with van der Waals surface area (Å²) in [7, 11) is 1.38. The molecular weight excluding hydrogens is 395 g/mol. The Morgan fingerprint density at radius 3 is 2.46 bits per heavy atom. The number of halogens is 2. The maximum atomic E-state index is 11.5. The van der Waals surface area contributed by atoms with Crippen LogP contribution in [-0.4, -0.2) is 32.7 Å². The zero-order chi connectivity index (χ0) is 20.7. The van der Waals surface area contributed by atoms with Gasteiger partial charge in [0.1, 0.15) is 0 Å². The van der Waals surface area contributed by atoms with E-state index in [2.05, 4.69) is 31.4 Å². The van der Waals surface area contributed by atoms with E-state index in [-0.39, 0.29) is 23.8 Å². The van der Waals surface area contributed by atoms with E-state index >= 15 is 0 Å². The number of benzene rings is 2. The summed E-state index contributed by atoms with van der Waals surface area (Å²) in [6.45, 7) is 8.00. The van der Waals surface area contributed by atoms with Gasteiger partial charge in [-0.05, 0) is 40.8 Å². The molecular formula is C22H28Cl2N2O2. The third-order valence-electron chi connectivity index (χ3n) is 4.32. The summed E-state index contributed by atoms with van der Waals surface area (Å²) >= 11 is 12.8. The maximum absolute atomic E-state index is 11.5. The van der Waals surface area contributed by atoms with Gasteiger partial charge in [0.05, 0.1) is 13.7 Å². The van der Waals surface area contributed by atoms with Gasteiger partial charge in [-0.15, -0.1) is 0 Å². The van der Waals surface area contributed by atoms with Crippen LogP contribution in [0.3, 0.4) is 0 Å². The average molecular weight is 423 g/mol. The number of carbonyl (C=O) groups excluding carboxylic acids is 1. The van der Waals surface area contributed by atoms with Crippen LogP contribution in [0, 0.1) is 5.41 Å². The molecule has 0 aliphatic rings. The minimum Gasteiger partial charge on any atom is -0.468 e. The monoisotopic (exact) mass is 422 g/mol. The highest BCUT2D eigenvalue weighted by molar-refractivity contribution is 6.31. The predicted octanol–water partition coefficient (Wildman–Crippen LogP) is 5.35. The molecule has 0 radical (unpaired) electrons. The summed E-state index contributed by atoms with van der Waals surface area (Å²) in [4.78, 5) is 11.5. The molecule has 0 bridgehead atoms. The third kappa shape index (κ3) is 6.69. The van der Waals surface area contributed by atoms with Gasteiger partial charge in [0.2, 0.25) is 0 Å². The molecule has 0 saturated heterocycles. The molecule has 4 nitrogen and oxygen atoms in total. The van der Waals surface area contributed by atoms with Crippen LogP contribution < -0.4 is 10.6 Å². The molecule has 0 aromatic heterocycles. The molecule has 0 spiro atoms. The topological polar surface area (TPSA) is 50.4 Å². The average Bonchev–Trinajstić information content (AvgIpc) is 2.64. The van der Waals surface area contributed by atoms with E-state index in [9.17, 15) is 4.79 Å². The molecule has 2 aromatic carbocycles. The zero-order valence-corrected chi connectivity index (χ0v) is 18.3. The molecule has 28 heavy (non-hydrogen) atoms. The summed E-state index contributed by atoms with van der Waals surface area (Å²) in [6.07, 6.45) is 0. The van der Waals surface area contributed by atoms with E-state index in [1.807, 2.05) is 42.5 Å². The van der Waals surface area contributed by atoms with Crippen molar-refractivity contribution in [3.8, 4) is 0 Å². The van der Waals surface area contributed by atoms with Gasteiger partial charge < -0.3 is 15.4 Å². The van der Waals surface area contributed by atoms with Gasteiger partial charge >= 0.3 is 5.97 Å². The van der Waals surface area contributed by atoms with Crippen molar-refractivity contribution < 1.29 is 9.53 Å². The molecule has 6 heteroatoms. The highest BCUT2D eigenvalue weighted by Crippen LogP contribution is 2.36. The number of methoxy groups -OCH3 is 1. The lowest BCUT2D eigenvalue weighted by Crippen LogP contribution is -2.29. The van der Waals surface area contributed by atoms with E-state index in [0.29, 0.717) is 16.6 Å². The van der Waals surface area contributed by atoms with Crippen LogP contribution in [0.1, 0.15) is 37.8 Å². The Morgan fingerprint density at radius 2 is 1.82 bits per heavy atom. The summed E-state index contributed by atoms with van der Waals surface area (Å²) in [6, 6.07) is 13.6. The summed E-state index contributed by atoms with van der Waals surface area (Å²) < 4.78 is 4.73. The lowest BCUT2D eigenvalue weighted by molar-refractivity contribution is -0.139.